The third-order valence-electron chi connectivity index (χ3n) is 5.75. The first-order chi connectivity index (χ1) is 16.2. The molecule has 5 nitrogen and oxygen atoms in total. The highest BCUT2D eigenvalue weighted by Gasteiger charge is 2.39. The summed E-state index contributed by atoms with van der Waals surface area (Å²) < 4.78 is 7.10. The maximum absolute atomic E-state index is 13.4. The predicted octanol–water partition coefficient (Wildman–Crippen LogP) is 5.40. The molecule has 0 spiro atoms. The number of nitrogens with one attached hydrogen (secondary N) is 1. The van der Waals surface area contributed by atoms with Crippen LogP contribution in [0.25, 0.3) is 5.69 Å². The first-order valence-electron chi connectivity index (χ1n) is 10.6. The number of hydrogen-bond donors (Lipinski definition) is 1. The first kappa shape index (κ1) is 21.6. The average molecular weight is 475 g/mol. The highest BCUT2D eigenvalue weighted by atomic mass is 32.2. The number of para-hydroxylation sites is 2. The third kappa shape index (κ3) is 4.21. The van der Waals surface area contributed by atoms with Gasteiger partial charge in [-0.15, -0.1) is 11.8 Å². The molecular formula is C26H22N2O3S2. The van der Waals surface area contributed by atoms with Gasteiger partial charge in [0.15, 0.2) is 0 Å². The van der Waals surface area contributed by atoms with Gasteiger partial charge in [0, 0.05) is 22.2 Å². The van der Waals surface area contributed by atoms with Crippen LogP contribution in [0.1, 0.15) is 16.4 Å². The lowest BCUT2D eigenvalue weighted by Gasteiger charge is -2.31. The Balaban J connectivity index is 1.59. The van der Waals surface area contributed by atoms with E-state index in [1.165, 1.54) is 11.3 Å². The van der Waals surface area contributed by atoms with Crippen molar-refractivity contribution in [1.82, 2.24) is 4.57 Å². The van der Waals surface area contributed by atoms with Crippen LogP contribution in [-0.2, 0) is 4.79 Å². The molecule has 0 unspecified atom stereocenters. The molecule has 2 heterocycles. The third-order valence-corrected chi connectivity index (χ3v) is 8.10. The second kappa shape index (κ2) is 9.29. The van der Waals surface area contributed by atoms with Crippen LogP contribution in [0.4, 0.5) is 5.69 Å². The van der Waals surface area contributed by atoms with E-state index >= 15 is 0 Å². The van der Waals surface area contributed by atoms with Crippen LogP contribution in [-0.4, -0.2) is 23.3 Å². The van der Waals surface area contributed by atoms with Crippen molar-refractivity contribution in [2.24, 2.45) is 5.92 Å². The average Bonchev–Trinajstić information content (AvgIpc) is 3.20. The topological polar surface area (TPSA) is 60.3 Å². The van der Waals surface area contributed by atoms with Crippen LogP contribution in [0, 0.1) is 5.92 Å². The molecule has 0 fully saturated rings. The number of rotatable bonds is 5. The van der Waals surface area contributed by atoms with Gasteiger partial charge in [0.25, 0.3) is 0 Å². The molecule has 3 aromatic carbocycles. The van der Waals surface area contributed by atoms with Crippen LogP contribution in [0.3, 0.4) is 0 Å². The van der Waals surface area contributed by atoms with Crippen molar-refractivity contribution in [3.8, 4) is 11.4 Å². The lowest BCUT2D eigenvalue weighted by Crippen LogP contribution is -2.33. The molecule has 5 rings (SSSR count). The maximum atomic E-state index is 13.4. The molecule has 0 radical (unpaired) electrons. The summed E-state index contributed by atoms with van der Waals surface area (Å²) in [6.07, 6.45) is 0. The van der Waals surface area contributed by atoms with E-state index in [0.29, 0.717) is 5.75 Å². The van der Waals surface area contributed by atoms with E-state index in [9.17, 15) is 9.59 Å². The van der Waals surface area contributed by atoms with Crippen LogP contribution in [0.5, 0.6) is 5.75 Å². The van der Waals surface area contributed by atoms with Crippen LogP contribution in [0.2, 0.25) is 0 Å². The number of aromatic nitrogens is 1. The van der Waals surface area contributed by atoms with Gasteiger partial charge in [0.1, 0.15) is 5.75 Å². The molecule has 0 saturated carbocycles. The van der Waals surface area contributed by atoms with Crippen molar-refractivity contribution >= 4 is 34.7 Å². The molecule has 7 heteroatoms. The standard InChI is InChI=1S/C26H22N2O3S2/c1-31-20-14-12-17(13-15-20)22-21(24(29)27-18-8-4-2-5-9-18)16-32-25-23(22)33-26(30)28(25)19-10-6-3-7-11-19/h2-15,21-22H,16H2,1H3,(H,27,29)/t21-,22-/m1/s1. The van der Waals surface area contributed by atoms with Gasteiger partial charge in [0.2, 0.25) is 5.91 Å². The number of methoxy groups -OCH3 is 1. The molecule has 33 heavy (non-hydrogen) atoms. The lowest BCUT2D eigenvalue weighted by atomic mass is 9.85. The highest BCUT2D eigenvalue weighted by Crippen LogP contribution is 2.47. The van der Waals surface area contributed by atoms with E-state index in [1.54, 1.807) is 23.4 Å². The first-order valence-corrected chi connectivity index (χ1v) is 12.4. The molecule has 2 atom stereocenters. The molecule has 1 aliphatic rings. The van der Waals surface area contributed by atoms with Crippen molar-refractivity contribution in [2.75, 3.05) is 18.2 Å². The number of thiazole rings is 1. The van der Waals surface area contributed by atoms with Crippen LogP contribution in [0.15, 0.2) is 94.7 Å². The fraction of sp³-hybridized carbons (Fsp3) is 0.154. The molecule has 1 aliphatic heterocycles. The molecule has 1 aromatic heterocycles. The number of carbonyl (C=O) groups excluding carboxylic acids is 1. The fourth-order valence-corrected chi connectivity index (χ4v) is 6.84. The Labute approximate surface area is 200 Å². The Morgan fingerprint density at radius 1 is 0.970 bits per heavy atom. The number of hydrogen-bond acceptors (Lipinski definition) is 5. The number of benzene rings is 3. The largest absolute Gasteiger partial charge is 0.497 e. The molecule has 166 valence electrons. The number of carbonyl (C=O) groups is 1. The van der Waals surface area contributed by atoms with Gasteiger partial charge in [-0.25, -0.2) is 0 Å². The fourth-order valence-electron chi connectivity index (χ4n) is 4.13. The Kier molecular flexibility index (Phi) is 6.07. The van der Waals surface area contributed by atoms with E-state index in [0.717, 1.165) is 32.6 Å². The van der Waals surface area contributed by atoms with Crippen molar-refractivity contribution in [3.63, 3.8) is 0 Å². The molecule has 0 bridgehead atoms. The highest BCUT2D eigenvalue weighted by molar-refractivity contribution is 7.99. The summed E-state index contributed by atoms with van der Waals surface area (Å²) in [6, 6.07) is 26.9. The minimum absolute atomic E-state index is 0.0404. The number of anilines is 1. The van der Waals surface area contributed by atoms with Crippen molar-refractivity contribution in [2.45, 2.75) is 10.9 Å². The molecule has 0 saturated heterocycles. The Morgan fingerprint density at radius 3 is 2.30 bits per heavy atom. The number of nitrogens with zero attached hydrogens (tertiary/aromatic N) is 1. The van der Waals surface area contributed by atoms with Gasteiger partial charge in [-0.3, -0.25) is 14.2 Å². The zero-order valence-electron chi connectivity index (χ0n) is 17.9. The summed E-state index contributed by atoms with van der Waals surface area (Å²) >= 11 is 2.80. The maximum Gasteiger partial charge on any atom is 0.312 e. The van der Waals surface area contributed by atoms with E-state index in [-0.39, 0.29) is 22.6 Å². The summed E-state index contributed by atoms with van der Waals surface area (Å²) in [7, 11) is 1.63. The second-order valence-corrected chi connectivity index (χ2v) is 9.73. The number of thioether (sulfide) groups is 1. The van der Waals surface area contributed by atoms with E-state index in [4.69, 9.17) is 4.74 Å². The van der Waals surface area contributed by atoms with Crippen LogP contribution >= 0.6 is 23.1 Å². The number of amides is 1. The molecule has 0 aliphatic carbocycles. The zero-order valence-corrected chi connectivity index (χ0v) is 19.6. The van der Waals surface area contributed by atoms with Gasteiger partial charge >= 0.3 is 4.87 Å². The minimum atomic E-state index is -0.321. The van der Waals surface area contributed by atoms with Crippen molar-refractivity contribution < 1.29 is 9.53 Å². The predicted molar refractivity (Wildman–Crippen MR) is 134 cm³/mol. The van der Waals surface area contributed by atoms with Crippen molar-refractivity contribution in [3.05, 3.63) is 105 Å². The smallest absolute Gasteiger partial charge is 0.312 e. The zero-order chi connectivity index (χ0) is 22.8. The summed E-state index contributed by atoms with van der Waals surface area (Å²) in [4.78, 5) is 27.4. The molecule has 1 N–H and O–H groups in total. The van der Waals surface area contributed by atoms with Gasteiger partial charge < -0.3 is 10.1 Å². The minimum Gasteiger partial charge on any atom is -0.497 e. The summed E-state index contributed by atoms with van der Waals surface area (Å²) in [5, 5.41) is 3.98. The van der Waals surface area contributed by atoms with Crippen molar-refractivity contribution in [1.29, 1.82) is 0 Å². The van der Waals surface area contributed by atoms with E-state index < -0.39 is 0 Å². The van der Waals surface area contributed by atoms with Gasteiger partial charge in [-0.1, -0.05) is 59.9 Å². The molecule has 1 amide bonds. The Bertz CT molecular complexity index is 1320. The lowest BCUT2D eigenvalue weighted by molar-refractivity contribution is -0.119. The normalized spacial score (nSPS) is 17.2. The van der Waals surface area contributed by atoms with Gasteiger partial charge in [0.05, 0.1) is 23.7 Å². The van der Waals surface area contributed by atoms with E-state index in [2.05, 4.69) is 5.32 Å². The van der Waals surface area contributed by atoms with Gasteiger partial charge in [-0.05, 0) is 42.0 Å². The summed E-state index contributed by atoms with van der Waals surface area (Å²) in [5.41, 5.74) is 2.60. The Hall–Kier alpha value is -3.29. The summed E-state index contributed by atoms with van der Waals surface area (Å²) in [6.45, 7) is 0. The van der Waals surface area contributed by atoms with Crippen LogP contribution < -0.4 is 14.9 Å². The number of fused-ring (bicyclic) bond motifs is 1. The second-order valence-electron chi connectivity index (χ2n) is 7.73. The van der Waals surface area contributed by atoms with Gasteiger partial charge in [-0.2, -0.15) is 0 Å². The van der Waals surface area contributed by atoms with E-state index in [1.807, 2.05) is 84.9 Å². The SMILES string of the molecule is COc1ccc([C@H]2c3sc(=O)n(-c4ccccc4)c3SC[C@H]2C(=O)Nc2ccccc2)cc1. The quantitative estimate of drug-likeness (QED) is 0.421. The summed E-state index contributed by atoms with van der Waals surface area (Å²) in [5.74, 6) is 0.736. The Morgan fingerprint density at radius 2 is 1.64 bits per heavy atom. The monoisotopic (exact) mass is 474 g/mol. The molecular weight excluding hydrogens is 452 g/mol. The number of ether oxygens (including phenoxy) is 1. The molecule has 4 aromatic rings.